The van der Waals surface area contributed by atoms with Gasteiger partial charge in [-0.2, -0.15) is 0 Å². The van der Waals surface area contributed by atoms with E-state index in [9.17, 15) is 9.59 Å². The van der Waals surface area contributed by atoms with Gasteiger partial charge in [0, 0.05) is 20.1 Å². The van der Waals surface area contributed by atoms with Crippen LogP contribution < -0.4 is 22.3 Å². The summed E-state index contributed by atoms with van der Waals surface area (Å²) in [6.45, 7) is 7.63. The lowest BCUT2D eigenvalue weighted by atomic mass is 9.92. The van der Waals surface area contributed by atoms with Crippen molar-refractivity contribution >= 4 is 11.5 Å². The van der Waals surface area contributed by atoms with E-state index in [1.165, 1.54) is 24.5 Å². The van der Waals surface area contributed by atoms with Gasteiger partial charge in [-0.15, -0.1) is 0 Å². The van der Waals surface area contributed by atoms with E-state index in [2.05, 4.69) is 19.2 Å². The molecule has 1 aliphatic carbocycles. The van der Waals surface area contributed by atoms with E-state index in [1.54, 1.807) is 0 Å². The van der Waals surface area contributed by atoms with E-state index >= 15 is 0 Å². The van der Waals surface area contributed by atoms with Crippen molar-refractivity contribution in [2.75, 3.05) is 17.6 Å². The molecular formula is C15H26N4O2. The third-order valence-electron chi connectivity index (χ3n) is 4.76. The van der Waals surface area contributed by atoms with E-state index in [-0.39, 0.29) is 22.5 Å². The summed E-state index contributed by atoms with van der Waals surface area (Å²) in [6, 6.07) is 0. The number of aromatic nitrogens is 2. The van der Waals surface area contributed by atoms with Crippen molar-refractivity contribution in [3.05, 3.63) is 20.8 Å². The smallest absolute Gasteiger partial charge is 0.332 e. The maximum atomic E-state index is 12.3. The van der Waals surface area contributed by atoms with Crippen LogP contribution in [0.5, 0.6) is 0 Å². The van der Waals surface area contributed by atoms with Crippen LogP contribution in [-0.4, -0.2) is 15.7 Å². The van der Waals surface area contributed by atoms with Crippen molar-refractivity contribution in [3.8, 4) is 0 Å². The molecule has 118 valence electrons. The second kappa shape index (κ2) is 5.58. The standard InChI is InChI=1S/C15H26N4O2/c1-5-8-19-12(16)11(13(20)18(4)14(19)21)17-9-15(6-7-15)10(2)3/h10,17H,5-9,16H2,1-4H3. The second-order valence-electron chi connectivity index (χ2n) is 6.43. The fourth-order valence-electron chi connectivity index (χ4n) is 2.77. The minimum absolute atomic E-state index is 0.254. The van der Waals surface area contributed by atoms with Crippen LogP contribution >= 0.6 is 0 Å². The summed E-state index contributed by atoms with van der Waals surface area (Å²) in [5.41, 5.74) is 5.98. The summed E-state index contributed by atoms with van der Waals surface area (Å²) >= 11 is 0. The van der Waals surface area contributed by atoms with Crippen LogP contribution in [0.3, 0.4) is 0 Å². The van der Waals surface area contributed by atoms with Crippen molar-refractivity contribution in [1.29, 1.82) is 0 Å². The zero-order valence-corrected chi connectivity index (χ0v) is 13.4. The van der Waals surface area contributed by atoms with Gasteiger partial charge in [-0.25, -0.2) is 4.79 Å². The van der Waals surface area contributed by atoms with Crippen LogP contribution in [0.1, 0.15) is 40.0 Å². The molecule has 1 heterocycles. The Morgan fingerprint density at radius 1 is 1.33 bits per heavy atom. The molecule has 0 spiro atoms. The lowest BCUT2D eigenvalue weighted by molar-refractivity contribution is 0.380. The van der Waals surface area contributed by atoms with Crippen LogP contribution in [0.2, 0.25) is 0 Å². The highest BCUT2D eigenvalue weighted by molar-refractivity contribution is 5.60. The average molecular weight is 294 g/mol. The van der Waals surface area contributed by atoms with Gasteiger partial charge in [0.1, 0.15) is 11.5 Å². The van der Waals surface area contributed by atoms with Crippen molar-refractivity contribution in [1.82, 2.24) is 9.13 Å². The van der Waals surface area contributed by atoms with Gasteiger partial charge >= 0.3 is 5.69 Å². The van der Waals surface area contributed by atoms with Gasteiger partial charge in [0.15, 0.2) is 0 Å². The number of nitrogens with zero attached hydrogens (tertiary/aromatic N) is 2. The van der Waals surface area contributed by atoms with E-state index in [0.717, 1.165) is 17.5 Å². The molecule has 0 amide bonds. The van der Waals surface area contributed by atoms with Gasteiger partial charge in [0.2, 0.25) is 0 Å². The predicted molar refractivity (Wildman–Crippen MR) is 85.6 cm³/mol. The Morgan fingerprint density at radius 3 is 2.43 bits per heavy atom. The lowest BCUT2D eigenvalue weighted by Gasteiger charge is -2.22. The quantitative estimate of drug-likeness (QED) is 0.830. The molecule has 0 unspecified atom stereocenters. The maximum Gasteiger partial charge on any atom is 0.332 e. The van der Waals surface area contributed by atoms with Crippen LogP contribution in [-0.2, 0) is 13.6 Å². The fraction of sp³-hybridized carbons (Fsp3) is 0.733. The third kappa shape index (κ3) is 2.71. The van der Waals surface area contributed by atoms with Crippen molar-refractivity contribution < 1.29 is 0 Å². The molecule has 6 nitrogen and oxygen atoms in total. The van der Waals surface area contributed by atoms with Crippen LogP contribution in [0, 0.1) is 11.3 Å². The highest BCUT2D eigenvalue weighted by atomic mass is 16.2. The first-order chi connectivity index (χ1) is 9.84. The van der Waals surface area contributed by atoms with Crippen LogP contribution in [0.25, 0.3) is 0 Å². The van der Waals surface area contributed by atoms with Gasteiger partial charge in [-0.1, -0.05) is 20.8 Å². The molecule has 0 radical (unpaired) electrons. The number of nitrogens with one attached hydrogen (secondary N) is 1. The van der Waals surface area contributed by atoms with Gasteiger partial charge in [0.25, 0.3) is 5.56 Å². The minimum Gasteiger partial charge on any atom is -0.383 e. The van der Waals surface area contributed by atoms with E-state index < -0.39 is 0 Å². The molecule has 1 saturated carbocycles. The van der Waals surface area contributed by atoms with Crippen LogP contribution in [0.15, 0.2) is 9.59 Å². The SMILES string of the molecule is CCCn1c(N)c(NCC2(C(C)C)CC2)c(=O)n(C)c1=O. The summed E-state index contributed by atoms with van der Waals surface area (Å²) in [6.07, 6.45) is 3.14. The molecule has 2 rings (SSSR count). The Bertz CT molecular complexity index is 638. The monoisotopic (exact) mass is 294 g/mol. The van der Waals surface area contributed by atoms with E-state index in [0.29, 0.717) is 18.2 Å². The van der Waals surface area contributed by atoms with E-state index in [4.69, 9.17) is 5.73 Å². The first-order valence-corrected chi connectivity index (χ1v) is 7.67. The summed E-state index contributed by atoms with van der Waals surface area (Å²) in [4.78, 5) is 24.4. The first-order valence-electron chi connectivity index (χ1n) is 7.67. The molecule has 0 bridgehead atoms. The Hall–Kier alpha value is -1.72. The first kappa shape index (κ1) is 15.7. The second-order valence-corrected chi connectivity index (χ2v) is 6.43. The van der Waals surface area contributed by atoms with E-state index in [1.807, 2.05) is 6.92 Å². The van der Waals surface area contributed by atoms with Crippen molar-refractivity contribution in [3.63, 3.8) is 0 Å². The summed E-state index contributed by atoms with van der Waals surface area (Å²) in [5, 5.41) is 3.21. The Labute approximate surface area is 125 Å². The molecule has 1 aromatic heterocycles. The Morgan fingerprint density at radius 2 is 1.95 bits per heavy atom. The number of nitrogen functional groups attached to an aromatic ring is 1. The predicted octanol–water partition coefficient (Wildman–Crippen LogP) is 1.39. The zero-order valence-electron chi connectivity index (χ0n) is 13.4. The topological polar surface area (TPSA) is 82.0 Å². The molecule has 1 aliphatic rings. The van der Waals surface area contributed by atoms with Gasteiger partial charge in [-0.05, 0) is 30.6 Å². The summed E-state index contributed by atoms with van der Waals surface area (Å²) in [7, 11) is 1.50. The molecule has 0 aliphatic heterocycles. The van der Waals surface area contributed by atoms with Gasteiger partial charge in [-0.3, -0.25) is 13.9 Å². The third-order valence-corrected chi connectivity index (χ3v) is 4.76. The summed E-state index contributed by atoms with van der Waals surface area (Å²) in [5.74, 6) is 0.820. The molecular weight excluding hydrogens is 268 g/mol. The van der Waals surface area contributed by atoms with Crippen LogP contribution in [0.4, 0.5) is 11.5 Å². The zero-order chi connectivity index (χ0) is 15.8. The average Bonchev–Trinajstić information content (AvgIpc) is 3.22. The molecule has 6 heteroatoms. The minimum atomic E-state index is -0.352. The number of nitrogens with two attached hydrogens (primary N) is 1. The number of hydrogen-bond acceptors (Lipinski definition) is 4. The Kier molecular flexibility index (Phi) is 4.16. The number of anilines is 2. The largest absolute Gasteiger partial charge is 0.383 e. The highest BCUT2D eigenvalue weighted by Gasteiger charge is 2.45. The maximum absolute atomic E-state index is 12.3. The van der Waals surface area contributed by atoms with Gasteiger partial charge < -0.3 is 11.1 Å². The summed E-state index contributed by atoms with van der Waals surface area (Å²) < 4.78 is 2.60. The molecule has 21 heavy (non-hydrogen) atoms. The molecule has 0 atom stereocenters. The molecule has 3 N–H and O–H groups in total. The lowest BCUT2D eigenvalue weighted by Crippen LogP contribution is -2.41. The van der Waals surface area contributed by atoms with Crippen molar-refractivity contribution in [2.45, 2.75) is 46.6 Å². The normalized spacial score (nSPS) is 16.2. The van der Waals surface area contributed by atoms with Gasteiger partial charge in [0.05, 0.1) is 0 Å². The fourth-order valence-corrected chi connectivity index (χ4v) is 2.77. The molecule has 1 aromatic rings. The molecule has 0 saturated heterocycles. The molecule has 0 aromatic carbocycles. The molecule has 1 fully saturated rings. The number of rotatable bonds is 6. The highest BCUT2D eigenvalue weighted by Crippen LogP contribution is 2.51. The Balaban J connectivity index is 2.35. The number of hydrogen-bond donors (Lipinski definition) is 2. The van der Waals surface area contributed by atoms with Crippen molar-refractivity contribution in [2.24, 2.45) is 18.4 Å².